The van der Waals surface area contributed by atoms with Crippen LogP contribution >= 0.6 is 0 Å². The highest BCUT2D eigenvalue weighted by atomic mass is 16.3. The molecule has 9 rings (SSSR count). The molecule has 0 spiro atoms. The van der Waals surface area contributed by atoms with Crippen molar-refractivity contribution in [3.63, 3.8) is 0 Å². The monoisotopic (exact) mass is 817 g/mol. The quantitative estimate of drug-likeness (QED) is 0.182. The van der Waals surface area contributed by atoms with Gasteiger partial charge < -0.3 is 5.11 Å². The average Bonchev–Trinajstić information content (AvgIpc) is 3.70. The van der Waals surface area contributed by atoms with E-state index in [1.807, 2.05) is 60.7 Å². The van der Waals surface area contributed by atoms with E-state index in [0.29, 0.717) is 22.5 Å². The molecule has 1 N–H and O–H groups in total. The zero-order chi connectivity index (χ0) is 50.5. The number of aromatic nitrogens is 3. The van der Waals surface area contributed by atoms with Gasteiger partial charge in [0.1, 0.15) is 11.6 Å². The molecule has 0 aliphatic carbocycles. The first-order valence-electron chi connectivity index (χ1n) is 25.1. The molecule has 0 amide bonds. The molecule has 0 aliphatic heterocycles. The lowest BCUT2D eigenvalue weighted by Gasteiger charge is -2.28. The van der Waals surface area contributed by atoms with Crippen LogP contribution in [0.25, 0.3) is 83.5 Å². The number of pyridine rings is 1. The molecular weight excluding hydrogens is 755 g/mol. The first-order valence-corrected chi connectivity index (χ1v) is 21.1. The Morgan fingerprint density at radius 1 is 0.548 bits per heavy atom. The van der Waals surface area contributed by atoms with E-state index in [-0.39, 0.29) is 34.0 Å². The number of phenols is 1. The summed E-state index contributed by atoms with van der Waals surface area (Å²) in [6, 6.07) is 35.1. The summed E-state index contributed by atoms with van der Waals surface area (Å²) in [4.78, 5) is 10.1. The minimum absolute atomic E-state index is 0.0236. The Morgan fingerprint density at radius 3 is 1.97 bits per heavy atom. The summed E-state index contributed by atoms with van der Waals surface area (Å²) < 4.78 is 72.0. The van der Waals surface area contributed by atoms with Gasteiger partial charge in [0.15, 0.2) is 0 Å². The molecule has 4 nitrogen and oxygen atoms in total. The van der Waals surface area contributed by atoms with Crippen LogP contribution in [0, 0.1) is 0 Å². The van der Waals surface area contributed by atoms with Gasteiger partial charge in [-0.05, 0) is 91.4 Å². The van der Waals surface area contributed by atoms with Crippen molar-refractivity contribution in [2.45, 2.75) is 78.6 Å². The van der Waals surface area contributed by atoms with E-state index in [1.54, 1.807) is 0 Å². The van der Waals surface area contributed by atoms with Crippen molar-refractivity contribution in [1.82, 2.24) is 14.5 Å². The van der Waals surface area contributed by atoms with Crippen molar-refractivity contribution in [3.8, 4) is 67.5 Å². The zero-order valence-corrected chi connectivity index (χ0v) is 36.8. The molecule has 2 aromatic heterocycles. The second-order valence-corrected chi connectivity index (χ2v) is 19.2. The van der Waals surface area contributed by atoms with Crippen molar-refractivity contribution < 1.29 is 16.1 Å². The molecule has 0 unspecified atom stereocenters. The number of imidazole rings is 1. The Kier molecular flexibility index (Phi) is 7.89. The van der Waals surface area contributed by atoms with Gasteiger partial charge in [0.05, 0.1) is 38.9 Å². The molecule has 0 bridgehead atoms. The lowest BCUT2D eigenvalue weighted by molar-refractivity contribution is 0.446. The second-order valence-electron chi connectivity index (χ2n) is 19.2. The van der Waals surface area contributed by atoms with E-state index in [9.17, 15) is 6.48 Å². The summed E-state index contributed by atoms with van der Waals surface area (Å²) in [6.07, 6.45) is -0.503. The summed E-state index contributed by atoms with van der Waals surface area (Å²) in [5, 5.41) is 14.6. The van der Waals surface area contributed by atoms with Crippen LogP contribution < -0.4 is 0 Å². The molecule has 0 saturated heterocycles. The highest BCUT2D eigenvalue weighted by Crippen LogP contribution is 2.47. The van der Waals surface area contributed by atoms with Crippen LogP contribution in [-0.4, -0.2) is 19.6 Å². The molecule has 0 radical (unpaired) electrons. The molecule has 0 aliphatic rings. The van der Waals surface area contributed by atoms with E-state index < -0.39 is 53.3 Å². The standard InChI is InChI=1S/C58H55N3O/c1-56(2,3)43-32-41(31-42(33-43)50-34-40(29-30-59-50)37-19-12-10-13-20-37)45-25-18-26-51-52(45)60-55(48-35-44(57(4,5)6)36-49(54(48)62)58(7,8)9)61(51)53-46-24-17-16-23-39(46)27-28-47(53)38-21-14-11-15-22-38/h10-36,62H,1-9H3/i10D,12D,13D,19D,20D,29D,30D,34D. The Labute approximate surface area is 377 Å². The number of benzene rings is 7. The maximum atomic E-state index is 12.6. The fourth-order valence-corrected chi connectivity index (χ4v) is 8.20. The number of hydrogen-bond donors (Lipinski definition) is 1. The van der Waals surface area contributed by atoms with Gasteiger partial charge >= 0.3 is 0 Å². The van der Waals surface area contributed by atoms with E-state index in [2.05, 4.69) is 126 Å². The predicted octanol–water partition coefficient (Wildman–Crippen LogP) is 15.5. The van der Waals surface area contributed by atoms with Gasteiger partial charge in [-0.25, -0.2) is 4.98 Å². The molecule has 308 valence electrons. The maximum Gasteiger partial charge on any atom is 0.149 e. The van der Waals surface area contributed by atoms with Crippen molar-refractivity contribution in [3.05, 3.63) is 180 Å². The molecule has 9 aromatic rings. The van der Waals surface area contributed by atoms with Gasteiger partial charge in [-0.2, -0.15) is 0 Å². The van der Waals surface area contributed by atoms with Crippen molar-refractivity contribution in [1.29, 1.82) is 0 Å². The minimum Gasteiger partial charge on any atom is -0.507 e. The van der Waals surface area contributed by atoms with E-state index >= 15 is 0 Å². The van der Waals surface area contributed by atoms with Crippen molar-refractivity contribution in [2.24, 2.45) is 0 Å². The summed E-state index contributed by atoms with van der Waals surface area (Å²) >= 11 is 0. The Hall–Kier alpha value is -6.78. The number of fused-ring (bicyclic) bond motifs is 2. The Bertz CT molecular complexity index is 3570. The zero-order valence-electron chi connectivity index (χ0n) is 44.8. The first kappa shape index (κ1) is 32.0. The van der Waals surface area contributed by atoms with Gasteiger partial charge in [-0.3, -0.25) is 9.55 Å². The predicted molar refractivity (Wildman–Crippen MR) is 261 cm³/mol. The number of para-hydroxylation sites is 1. The average molecular weight is 818 g/mol. The molecule has 0 saturated carbocycles. The third-order valence-corrected chi connectivity index (χ3v) is 11.6. The molecular formula is C58H55N3O. The second kappa shape index (κ2) is 15.3. The van der Waals surface area contributed by atoms with Crippen LogP contribution in [0.3, 0.4) is 0 Å². The summed E-state index contributed by atoms with van der Waals surface area (Å²) in [5.41, 5.74) is 7.75. The largest absolute Gasteiger partial charge is 0.507 e. The summed E-state index contributed by atoms with van der Waals surface area (Å²) in [6.45, 7) is 19.0. The van der Waals surface area contributed by atoms with E-state index in [4.69, 9.17) is 14.6 Å². The van der Waals surface area contributed by atoms with Crippen LogP contribution in [-0.2, 0) is 16.2 Å². The molecule has 62 heavy (non-hydrogen) atoms. The molecule has 4 heteroatoms. The molecule has 7 aromatic carbocycles. The molecule has 2 heterocycles. The van der Waals surface area contributed by atoms with Gasteiger partial charge in [0.2, 0.25) is 0 Å². The van der Waals surface area contributed by atoms with Crippen LogP contribution in [0.15, 0.2) is 164 Å². The maximum absolute atomic E-state index is 12.6. The SMILES string of the molecule is [2H]c1nc(-c2cc(-c3cccc4c3nc(-c3cc(C(C)(C)C)cc(C(C)(C)C)c3O)n4-c3c(-c4ccccc4)ccc4ccccc34)cc(C(C)(C)C)c2)c([2H])c(-c2c([2H])c([2H])c([2H])c([2H])c2[2H])c1[2H]. The number of aromatic hydroxyl groups is 1. The number of hydrogen-bond acceptors (Lipinski definition) is 3. The minimum atomic E-state index is -0.601. The summed E-state index contributed by atoms with van der Waals surface area (Å²) in [7, 11) is 0. The fraction of sp³-hybridized carbons (Fsp3) is 0.207. The molecule has 0 atom stereocenters. The van der Waals surface area contributed by atoms with Gasteiger partial charge in [0.25, 0.3) is 0 Å². The van der Waals surface area contributed by atoms with Gasteiger partial charge in [-0.15, -0.1) is 0 Å². The van der Waals surface area contributed by atoms with Crippen molar-refractivity contribution in [2.75, 3.05) is 0 Å². The van der Waals surface area contributed by atoms with Crippen LogP contribution in [0.2, 0.25) is 0 Å². The van der Waals surface area contributed by atoms with Gasteiger partial charge in [-0.1, -0.05) is 184 Å². The first-order chi connectivity index (χ1) is 32.9. The third-order valence-electron chi connectivity index (χ3n) is 11.6. The Morgan fingerprint density at radius 2 is 1.24 bits per heavy atom. The third kappa shape index (κ3) is 7.49. The number of phenolic OH excluding ortho intramolecular Hbond substituents is 1. The van der Waals surface area contributed by atoms with Gasteiger partial charge in [0, 0.05) is 33.8 Å². The highest BCUT2D eigenvalue weighted by molar-refractivity contribution is 6.03. The van der Waals surface area contributed by atoms with Crippen LogP contribution in [0.4, 0.5) is 0 Å². The highest BCUT2D eigenvalue weighted by Gasteiger charge is 2.30. The topological polar surface area (TPSA) is 50.9 Å². The van der Waals surface area contributed by atoms with Crippen molar-refractivity contribution >= 4 is 21.8 Å². The number of rotatable bonds is 6. The lowest BCUT2D eigenvalue weighted by Crippen LogP contribution is -2.17. The fourth-order valence-electron chi connectivity index (χ4n) is 8.20. The normalized spacial score (nSPS) is 14.1. The number of nitrogens with zero attached hydrogens (tertiary/aromatic N) is 3. The summed E-state index contributed by atoms with van der Waals surface area (Å²) in [5.74, 6) is 0.686. The van der Waals surface area contributed by atoms with E-state index in [0.717, 1.165) is 60.9 Å². The lowest BCUT2D eigenvalue weighted by atomic mass is 9.79. The van der Waals surface area contributed by atoms with Crippen LogP contribution in [0.5, 0.6) is 5.75 Å². The molecule has 0 fully saturated rings. The van der Waals surface area contributed by atoms with Crippen LogP contribution in [0.1, 0.15) is 90.0 Å². The van der Waals surface area contributed by atoms with E-state index in [1.165, 1.54) is 0 Å². The smallest absolute Gasteiger partial charge is 0.149 e. The Balaban J connectivity index is 1.41.